The lowest BCUT2D eigenvalue weighted by molar-refractivity contribution is -0.0496. The number of aromatic nitrogens is 2. The van der Waals surface area contributed by atoms with Crippen LogP contribution < -0.4 is 5.32 Å². The summed E-state index contributed by atoms with van der Waals surface area (Å²) in [6.45, 7) is -1.62. The summed E-state index contributed by atoms with van der Waals surface area (Å²) in [5.41, 5.74) is 2.12. The maximum Gasteiger partial charge on any atom is 0.282 e. The highest BCUT2D eigenvalue weighted by molar-refractivity contribution is 5.24. The smallest absolute Gasteiger partial charge is 0.282 e. The maximum absolute atomic E-state index is 13.0. The van der Waals surface area contributed by atoms with Gasteiger partial charge in [0.1, 0.15) is 6.61 Å². The number of hydrogen-bond acceptors (Lipinski definition) is 3. The third-order valence-electron chi connectivity index (χ3n) is 3.21. The number of nitrogens with one attached hydrogen (secondary N) is 1. The fourth-order valence-corrected chi connectivity index (χ4v) is 2.25. The molecule has 6 heteroatoms. The highest BCUT2D eigenvalue weighted by atomic mass is 19.3. The lowest BCUT2D eigenvalue weighted by Crippen LogP contribution is -2.38. The van der Waals surface area contributed by atoms with Crippen molar-refractivity contribution in [1.29, 1.82) is 0 Å². The Kier molecular flexibility index (Phi) is 3.44. The number of aliphatic hydroxyl groups is 1. The van der Waals surface area contributed by atoms with E-state index < -0.39 is 19.1 Å². The second-order valence-electron chi connectivity index (χ2n) is 4.51. The van der Waals surface area contributed by atoms with Crippen LogP contribution in [0.1, 0.15) is 30.1 Å². The van der Waals surface area contributed by atoms with Crippen molar-refractivity contribution < 1.29 is 13.9 Å². The van der Waals surface area contributed by atoms with Gasteiger partial charge in [-0.2, -0.15) is 5.10 Å². The van der Waals surface area contributed by atoms with Gasteiger partial charge in [-0.1, -0.05) is 0 Å². The first-order valence-electron chi connectivity index (χ1n) is 5.76. The van der Waals surface area contributed by atoms with Gasteiger partial charge >= 0.3 is 0 Å². The number of halogens is 2. The number of rotatable bonds is 4. The molecule has 0 radical (unpaired) electrons. The summed E-state index contributed by atoms with van der Waals surface area (Å²) in [6, 6.07) is -0.0788. The summed E-state index contributed by atoms with van der Waals surface area (Å²) < 4.78 is 27.7. The number of fused-ring (bicyclic) bond motifs is 1. The topological polar surface area (TPSA) is 50.1 Å². The van der Waals surface area contributed by atoms with Crippen molar-refractivity contribution in [2.24, 2.45) is 7.05 Å². The highest BCUT2D eigenvalue weighted by Crippen LogP contribution is 2.29. The van der Waals surface area contributed by atoms with E-state index in [0.29, 0.717) is 0 Å². The second-order valence-corrected chi connectivity index (χ2v) is 4.51. The van der Waals surface area contributed by atoms with Gasteiger partial charge in [-0.15, -0.1) is 0 Å². The molecule has 1 unspecified atom stereocenters. The van der Waals surface area contributed by atoms with E-state index in [9.17, 15) is 8.78 Å². The molecule has 0 aliphatic heterocycles. The molecule has 0 fully saturated rings. The quantitative estimate of drug-likeness (QED) is 0.832. The van der Waals surface area contributed by atoms with Crippen LogP contribution in [0.4, 0.5) is 8.78 Å². The molecule has 17 heavy (non-hydrogen) atoms. The first-order chi connectivity index (χ1) is 8.03. The highest BCUT2D eigenvalue weighted by Gasteiger charge is 2.30. The molecule has 1 aromatic rings. The zero-order valence-electron chi connectivity index (χ0n) is 9.79. The average Bonchev–Trinajstić information content (AvgIpc) is 2.70. The number of aryl methyl sites for hydroxylation is 1. The van der Waals surface area contributed by atoms with Crippen LogP contribution in [0.5, 0.6) is 0 Å². The molecule has 0 saturated heterocycles. The Hall–Kier alpha value is -1.01. The largest absolute Gasteiger partial charge is 0.390 e. The van der Waals surface area contributed by atoms with Crippen LogP contribution in [-0.4, -0.2) is 34.0 Å². The lowest BCUT2D eigenvalue weighted by atomic mass is 9.93. The zero-order chi connectivity index (χ0) is 12.5. The van der Waals surface area contributed by atoms with Gasteiger partial charge in [0.25, 0.3) is 5.92 Å². The normalized spacial score (nSPS) is 20.4. The van der Waals surface area contributed by atoms with E-state index in [2.05, 4.69) is 10.4 Å². The predicted octanol–water partition coefficient (Wildman–Crippen LogP) is 1.01. The number of alkyl halides is 2. The van der Waals surface area contributed by atoms with E-state index in [1.165, 1.54) is 0 Å². The van der Waals surface area contributed by atoms with Crippen molar-refractivity contribution in [2.75, 3.05) is 13.2 Å². The van der Waals surface area contributed by atoms with Gasteiger partial charge in [0, 0.05) is 24.3 Å². The third-order valence-corrected chi connectivity index (χ3v) is 3.21. The lowest BCUT2D eigenvalue weighted by Gasteiger charge is -2.25. The Labute approximate surface area is 98.6 Å². The van der Waals surface area contributed by atoms with Crippen LogP contribution in [0.2, 0.25) is 0 Å². The van der Waals surface area contributed by atoms with Gasteiger partial charge < -0.3 is 10.4 Å². The van der Waals surface area contributed by atoms with Gasteiger partial charge in [-0.25, -0.2) is 8.78 Å². The minimum absolute atomic E-state index is 0.0788. The molecule has 2 rings (SSSR count). The maximum atomic E-state index is 13.0. The Morgan fingerprint density at radius 2 is 2.41 bits per heavy atom. The first-order valence-corrected chi connectivity index (χ1v) is 5.76. The molecule has 0 spiro atoms. The summed E-state index contributed by atoms with van der Waals surface area (Å²) in [6.07, 6.45) is 4.48. The Balaban J connectivity index is 2.04. The number of nitrogens with zero attached hydrogens (tertiary/aromatic N) is 2. The summed E-state index contributed by atoms with van der Waals surface area (Å²) in [5.74, 6) is -3.06. The van der Waals surface area contributed by atoms with Gasteiger partial charge in [-0.3, -0.25) is 4.68 Å². The third kappa shape index (κ3) is 2.63. The van der Waals surface area contributed by atoms with E-state index >= 15 is 0 Å². The van der Waals surface area contributed by atoms with E-state index in [1.54, 1.807) is 10.9 Å². The van der Waals surface area contributed by atoms with Gasteiger partial charge in [0.05, 0.1) is 12.7 Å². The van der Waals surface area contributed by atoms with Crippen molar-refractivity contribution in [2.45, 2.75) is 31.2 Å². The van der Waals surface area contributed by atoms with Crippen LogP contribution >= 0.6 is 0 Å². The van der Waals surface area contributed by atoms with Crippen LogP contribution in [0.15, 0.2) is 6.20 Å². The van der Waals surface area contributed by atoms with E-state index in [0.717, 1.165) is 30.5 Å². The monoisotopic (exact) mass is 245 g/mol. The molecule has 0 aromatic carbocycles. The van der Waals surface area contributed by atoms with Crippen LogP contribution in [0.25, 0.3) is 0 Å². The van der Waals surface area contributed by atoms with Gasteiger partial charge in [0.15, 0.2) is 0 Å². The minimum Gasteiger partial charge on any atom is -0.390 e. The Morgan fingerprint density at radius 3 is 3.12 bits per heavy atom. The summed E-state index contributed by atoms with van der Waals surface area (Å²) in [5, 5.41) is 15.5. The molecule has 0 bridgehead atoms. The first kappa shape index (κ1) is 12.4. The fourth-order valence-electron chi connectivity index (χ4n) is 2.25. The van der Waals surface area contributed by atoms with E-state index in [4.69, 9.17) is 5.11 Å². The number of aliphatic hydroxyl groups excluding tert-OH is 1. The molecule has 1 heterocycles. The van der Waals surface area contributed by atoms with Crippen molar-refractivity contribution in [3.8, 4) is 0 Å². The van der Waals surface area contributed by atoms with Crippen molar-refractivity contribution in [1.82, 2.24) is 15.1 Å². The van der Waals surface area contributed by atoms with Crippen molar-refractivity contribution >= 4 is 0 Å². The molecule has 1 aliphatic carbocycles. The molecule has 4 nitrogen and oxygen atoms in total. The Morgan fingerprint density at radius 1 is 1.65 bits per heavy atom. The van der Waals surface area contributed by atoms with E-state index in [-0.39, 0.29) is 6.04 Å². The van der Waals surface area contributed by atoms with Crippen LogP contribution in [0.3, 0.4) is 0 Å². The van der Waals surface area contributed by atoms with Crippen LogP contribution in [0, 0.1) is 0 Å². The minimum atomic E-state index is -3.06. The zero-order valence-corrected chi connectivity index (χ0v) is 9.79. The molecule has 1 atom stereocenters. The van der Waals surface area contributed by atoms with E-state index in [1.807, 2.05) is 7.05 Å². The fraction of sp³-hybridized carbons (Fsp3) is 0.727. The second kappa shape index (κ2) is 4.70. The van der Waals surface area contributed by atoms with Crippen molar-refractivity contribution in [3.63, 3.8) is 0 Å². The van der Waals surface area contributed by atoms with Crippen LogP contribution in [-0.2, 0) is 13.5 Å². The molecule has 2 N–H and O–H groups in total. The standard InChI is InChI=1S/C11H17F2N3O/c1-16-10-4-2-3-9(8(10)5-15-16)14-6-11(12,13)7-17/h5,9,14,17H,2-4,6-7H2,1H3. The average molecular weight is 245 g/mol. The number of hydrogen-bond donors (Lipinski definition) is 2. The molecular weight excluding hydrogens is 228 g/mol. The van der Waals surface area contributed by atoms with Gasteiger partial charge in [0.2, 0.25) is 0 Å². The molecule has 0 saturated carbocycles. The molecule has 1 aliphatic rings. The molecule has 1 aromatic heterocycles. The molecular formula is C11H17F2N3O. The molecule has 96 valence electrons. The summed E-state index contributed by atoms with van der Waals surface area (Å²) in [7, 11) is 1.86. The summed E-state index contributed by atoms with van der Waals surface area (Å²) in [4.78, 5) is 0. The van der Waals surface area contributed by atoms with Gasteiger partial charge in [-0.05, 0) is 19.3 Å². The summed E-state index contributed by atoms with van der Waals surface area (Å²) >= 11 is 0. The predicted molar refractivity (Wildman–Crippen MR) is 58.9 cm³/mol. The molecule has 0 amide bonds. The Bertz CT molecular complexity index is 392. The van der Waals surface area contributed by atoms with Crippen molar-refractivity contribution in [3.05, 3.63) is 17.5 Å². The SMILES string of the molecule is Cn1ncc2c1CCCC2NCC(F)(F)CO.